The lowest BCUT2D eigenvalue weighted by atomic mass is 10.0. The molecule has 1 aromatic carbocycles. The van der Waals surface area contributed by atoms with E-state index in [4.69, 9.17) is 9.47 Å². The molecular weight excluding hydrogens is 280 g/mol. The molecule has 6 heteroatoms. The van der Waals surface area contributed by atoms with Gasteiger partial charge in [-0.15, -0.1) is 0 Å². The Morgan fingerprint density at radius 3 is 2.70 bits per heavy atom. The third kappa shape index (κ3) is 3.88. The normalized spacial score (nSPS) is 16.6. The number of rotatable bonds is 5. The predicted octanol–water partition coefficient (Wildman–Crippen LogP) is 1.52. The van der Waals surface area contributed by atoms with Gasteiger partial charge in [0.1, 0.15) is 19.3 Å². The van der Waals surface area contributed by atoms with Crippen molar-refractivity contribution in [3.8, 4) is 11.5 Å². The number of aliphatic hydroxyl groups excluding tert-OH is 2. The third-order valence-corrected chi connectivity index (χ3v) is 3.84. The molecule has 2 N–H and O–H groups in total. The van der Waals surface area contributed by atoms with Crippen LogP contribution in [0.15, 0.2) is 18.2 Å². The summed E-state index contributed by atoms with van der Waals surface area (Å²) < 4.78 is 10.8. The van der Waals surface area contributed by atoms with Gasteiger partial charge in [0, 0.05) is 12.7 Å². The Balaban J connectivity index is 1.97. The molecule has 0 saturated heterocycles. The molecule has 0 aromatic heterocycles. The minimum Gasteiger partial charge on any atom is -0.486 e. The van der Waals surface area contributed by atoms with Gasteiger partial charge in [-0.25, -0.2) is 0 Å². The van der Waals surface area contributed by atoms with Gasteiger partial charge >= 0.3 is 0 Å². The summed E-state index contributed by atoms with van der Waals surface area (Å²) in [6.45, 7) is 2.47. The zero-order valence-corrected chi connectivity index (χ0v) is 12.1. The Kier molecular flexibility index (Phi) is 5.28. The number of carbonyl (C=O) groups is 1. The summed E-state index contributed by atoms with van der Waals surface area (Å²) in [5.41, 5.74) is 0.578. The first-order valence-corrected chi connectivity index (χ1v) is 7.45. The lowest BCUT2D eigenvalue weighted by Crippen LogP contribution is -2.20. The molecular formula is C14H18O5S. The van der Waals surface area contributed by atoms with Crippen LogP contribution >= 0.6 is 11.8 Å². The average molecular weight is 298 g/mol. The van der Waals surface area contributed by atoms with Crippen LogP contribution < -0.4 is 9.47 Å². The van der Waals surface area contributed by atoms with Crippen LogP contribution in [0.4, 0.5) is 0 Å². The molecule has 0 aliphatic carbocycles. The Bertz CT molecular complexity index is 477. The van der Waals surface area contributed by atoms with Crippen molar-refractivity contribution in [3.63, 3.8) is 0 Å². The van der Waals surface area contributed by atoms with Crippen LogP contribution in [0.2, 0.25) is 0 Å². The number of hydrogen-bond acceptors (Lipinski definition) is 6. The van der Waals surface area contributed by atoms with Crippen LogP contribution in [0.25, 0.3) is 0 Å². The second kappa shape index (κ2) is 6.97. The summed E-state index contributed by atoms with van der Waals surface area (Å²) in [6, 6.07) is 5.12. The van der Waals surface area contributed by atoms with Gasteiger partial charge < -0.3 is 19.7 Å². The summed E-state index contributed by atoms with van der Waals surface area (Å²) in [7, 11) is 0. The van der Waals surface area contributed by atoms with Crippen LogP contribution in [0.3, 0.4) is 0 Å². The number of hydrogen-bond donors (Lipinski definition) is 2. The smallest absolute Gasteiger partial charge is 0.185 e. The highest BCUT2D eigenvalue weighted by atomic mass is 32.2. The molecule has 2 rings (SSSR count). The Morgan fingerprint density at radius 1 is 1.30 bits per heavy atom. The van der Waals surface area contributed by atoms with E-state index in [0.29, 0.717) is 42.4 Å². The molecule has 5 nitrogen and oxygen atoms in total. The molecule has 0 saturated carbocycles. The molecule has 1 heterocycles. The number of aliphatic hydroxyl groups is 2. The fourth-order valence-corrected chi connectivity index (χ4v) is 2.59. The van der Waals surface area contributed by atoms with E-state index in [1.807, 2.05) is 0 Å². The van der Waals surface area contributed by atoms with E-state index in [9.17, 15) is 15.0 Å². The van der Waals surface area contributed by atoms with Gasteiger partial charge in [0.2, 0.25) is 0 Å². The van der Waals surface area contributed by atoms with Gasteiger partial charge in [0.25, 0.3) is 0 Å². The maximum absolute atomic E-state index is 10.8. The van der Waals surface area contributed by atoms with Crippen molar-refractivity contribution >= 4 is 16.9 Å². The van der Waals surface area contributed by atoms with E-state index in [2.05, 4.69) is 0 Å². The van der Waals surface area contributed by atoms with E-state index >= 15 is 0 Å². The first kappa shape index (κ1) is 15.2. The number of ether oxygens (including phenoxy) is 2. The quantitative estimate of drug-likeness (QED) is 0.858. The molecule has 110 valence electrons. The van der Waals surface area contributed by atoms with E-state index < -0.39 is 12.2 Å². The lowest BCUT2D eigenvalue weighted by molar-refractivity contribution is -0.109. The zero-order chi connectivity index (χ0) is 14.5. The molecule has 0 spiro atoms. The molecule has 0 bridgehead atoms. The van der Waals surface area contributed by atoms with Crippen molar-refractivity contribution in [2.24, 2.45) is 0 Å². The monoisotopic (exact) mass is 298 g/mol. The van der Waals surface area contributed by atoms with E-state index in [1.54, 1.807) is 18.2 Å². The zero-order valence-electron chi connectivity index (χ0n) is 11.2. The highest BCUT2D eigenvalue weighted by Gasteiger charge is 2.21. The fraction of sp³-hybridized carbons (Fsp3) is 0.500. The van der Waals surface area contributed by atoms with Gasteiger partial charge in [-0.1, -0.05) is 17.8 Å². The molecule has 20 heavy (non-hydrogen) atoms. The van der Waals surface area contributed by atoms with Crippen LogP contribution in [0, 0.1) is 0 Å². The first-order chi connectivity index (χ1) is 9.58. The van der Waals surface area contributed by atoms with Crippen molar-refractivity contribution in [3.05, 3.63) is 23.8 Å². The molecule has 1 aliphatic heterocycles. The van der Waals surface area contributed by atoms with E-state index in [1.165, 1.54) is 6.92 Å². The minimum absolute atomic E-state index is 0.00557. The van der Waals surface area contributed by atoms with Gasteiger partial charge in [-0.05, 0) is 24.1 Å². The summed E-state index contributed by atoms with van der Waals surface area (Å²) in [5, 5.41) is 20.1. The number of carbonyl (C=O) groups excluding carboxylic acids is 1. The van der Waals surface area contributed by atoms with Crippen molar-refractivity contribution in [2.45, 2.75) is 25.6 Å². The van der Waals surface area contributed by atoms with Gasteiger partial charge in [0.05, 0.1) is 6.10 Å². The van der Waals surface area contributed by atoms with Crippen molar-refractivity contribution in [2.75, 3.05) is 19.0 Å². The summed E-state index contributed by atoms with van der Waals surface area (Å²) in [4.78, 5) is 10.8. The molecule has 1 aliphatic rings. The average Bonchev–Trinajstić information content (AvgIpc) is 2.45. The van der Waals surface area contributed by atoms with Crippen molar-refractivity contribution in [1.29, 1.82) is 0 Å². The third-order valence-electron chi connectivity index (χ3n) is 2.99. The second-order valence-corrected chi connectivity index (χ2v) is 5.82. The minimum atomic E-state index is -1.00. The number of thioether (sulfide) groups is 1. The standard InChI is InChI=1S/C14H18O5S/c1-9(15)20-7-4-11(16)14(17)10-2-3-12-13(8-10)19-6-5-18-12/h2-3,8,11,14,16-17H,4-7H2,1H3. The molecule has 0 fully saturated rings. The van der Waals surface area contributed by atoms with Crippen LogP contribution in [-0.4, -0.2) is 40.4 Å². The van der Waals surface area contributed by atoms with Gasteiger partial charge in [0.15, 0.2) is 16.6 Å². The van der Waals surface area contributed by atoms with Crippen LogP contribution in [0.5, 0.6) is 11.5 Å². The van der Waals surface area contributed by atoms with E-state index in [0.717, 1.165) is 11.8 Å². The maximum atomic E-state index is 10.8. The Hall–Kier alpha value is -1.24. The maximum Gasteiger partial charge on any atom is 0.185 e. The van der Waals surface area contributed by atoms with Crippen molar-refractivity contribution in [1.82, 2.24) is 0 Å². The topological polar surface area (TPSA) is 76.0 Å². The first-order valence-electron chi connectivity index (χ1n) is 6.47. The SMILES string of the molecule is CC(=O)SCCC(O)C(O)c1ccc2c(c1)OCCO2. The number of benzene rings is 1. The highest BCUT2D eigenvalue weighted by molar-refractivity contribution is 8.13. The summed E-state index contributed by atoms with van der Waals surface area (Å²) in [5.74, 6) is 1.71. The fourth-order valence-electron chi connectivity index (χ4n) is 1.95. The van der Waals surface area contributed by atoms with Crippen LogP contribution in [0.1, 0.15) is 25.0 Å². The predicted molar refractivity (Wildman–Crippen MR) is 76.2 cm³/mol. The van der Waals surface area contributed by atoms with Gasteiger partial charge in [-0.3, -0.25) is 4.79 Å². The highest BCUT2D eigenvalue weighted by Crippen LogP contribution is 2.33. The van der Waals surface area contributed by atoms with Gasteiger partial charge in [-0.2, -0.15) is 0 Å². The largest absolute Gasteiger partial charge is 0.486 e. The van der Waals surface area contributed by atoms with Crippen LogP contribution in [-0.2, 0) is 4.79 Å². The molecule has 2 unspecified atom stereocenters. The van der Waals surface area contributed by atoms with E-state index in [-0.39, 0.29) is 5.12 Å². The molecule has 1 aromatic rings. The molecule has 2 atom stereocenters. The second-order valence-electron chi connectivity index (χ2n) is 4.54. The Labute approximate surface area is 121 Å². The summed E-state index contributed by atoms with van der Waals surface area (Å²) in [6.07, 6.45) is -1.57. The Morgan fingerprint density at radius 2 is 2.00 bits per heavy atom. The van der Waals surface area contributed by atoms with Crippen molar-refractivity contribution < 1.29 is 24.5 Å². The number of fused-ring (bicyclic) bond motifs is 1. The molecule has 0 amide bonds. The summed E-state index contributed by atoms with van der Waals surface area (Å²) >= 11 is 1.14. The lowest BCUT2D eigenvalue weighted by Gasteiger charge is -2.22. The molecule has 0 radical (unpaired) electrons.